The molecule has 0 amide bonds. The standard InChI is InChI=1S/C15H13ClFNO3/c1-20-15(19)9-3-5-13(18)14(6-9)21-8-10-2-4-11(16)7-12(10)17/h2-7H,8,18H2,1H3. The number of carbonyl (C=O) groups is 1. The van der Waals surface area contributed by atoms with Gasteiger partial charge in [0.15, 0.2) is 0 Å². The van der Waals surface area contributed by atoms with E-state index in [9.17, 15) is 9.18 Å². The number of rotatable bonds is 4. The predicted octanol–water partition coefficient (Wildman–Crippen LogP) is 3.43. The number of nitrogens with two attached hydrogens (primary N) is 1. The lowest BCUT2D eigenvalue weighted by Crippen LogP contribution is -2.05. The van der Waals surface area contributed by atoms with Gasteiger partial charge in [0, 0.05) is 10.6 Å². The Bertz CT molecular complexity index is 676. The third-order valence-electron chi connectivity index (χ3n) is 2.83. The van der Waals surface area contributed by atoms with Gasteiger partial charge in [-0.1, -0.05) is 17.7 Å². The first-order valence-electron chi connectivity index (χ1n) is 6.06. The zero-order valence-electron chi connectivity index (χ0n) is 11.2. The number of hydrogen-bond acceptors (Lipinski definition) is 4. The summed E-state index contributed by atoms with van der Waals surface area (Å²) in [6, 6.07) is 8.80. The van der Waals surface area contributed by atoms with Crippen LogP contribution in [0.25, 0.3) is 0 Å². The molecule has 0 fully saturated rings. The Kier molecular flexibility index (Phi) is 4.65. The molecule has 0 aliphatic heterocycles. The topological polar surface area (TPSA) is 61.5 Å². The summed E-state index contributed by atoms with van der Waals surface area (Å²) in [6.45, 7) is -0.0299. The minimum atomic E-state index is -0.502. The van der Waals surface area contributed by atoms with Gasteiger partial charge in [-0.2, -0.15) is 0 Å². The van der Waals surface area contributed by atoms with Crippen molar-refractivity contribution < 1.29 is 18.7 Å². The lowest BCUT2D eigenvalue weighted by Gasteiger charge is -2.11. The van der Waals surface area contributed by atoms with Gasteiger partial charge in [-0.15, -0.1) is 0 Å². The van der Waals surface area contributed by atoms with Gasteiger partial charge in [0.2, 0.25) is 0 Å². The van der Waals surface area contributed by atoms with Gasteiger partial charge in [0.1, 0.15) is 18.2 Å². The van der Waals surface area contributed by atoms with Crippen molar-refractivity contribution in [3.8, 4) is 5.75 Å². The van der Waals surface area contributed by atoms with Crippen molar-refractivity contribution in [2.75, 3.05) is 12.8 Å². The highest BCUT2D eigenvalue weighted by atomic mass is 35.5. The van der Waals surface area contributed by atoms with E-state index in [0.29, 0.717) is 21.8 Å². The number of anilines is 1. The van der Waals surface area contributed by atoms with E-state index >= 15 is 0 Å². The van der Waals surface area contributed by atoms with Gasteiger partial charge in [0.05, 0.1) is 18.4 Å². The fraction of sp³-hybridized carbons (Fsp3) is 0.133. The van der Waals surface area contributed by atoms with Crippen LogP contribution >= 0.6 is 11.6 Å². The first kappa shape index (κ1) is 15.1. The van der Waals surface area contributed by atoms with Crippen LogP contribution in [-0.2, 0) is 11.3 Å². The molecule has 0 bridgehead atoms. The molecule has 0 heterocycles. The average Bonchev–Trinajstić information content (AvgIpc) is 2.47. The Hall–Kier alpha value is -2.27. The average molecular weight is 310 g/mol. The molecule has 2 N–H and O–H groups in total. The summed E-state index contributed by atoms with van der Waals surface area (Å²) in [5, 5.41) is 0.309. The van der Waals surface area contributed by atoms with E-state index in [1.54, 1.807) is 6.07 Å². The largest absolute Gasteiger partial charge is 0.487 e. The van der Waals surface area contributed by atoms with Gasteiger partial charge in [-0.3, -0.25) is 0 Å². The molecule has 2 aromatic rings. The predicted molar refractivity (Wildman–Crippen MR) is 77.9 cm³/mol. The van der Waals surface area contributed by atoms with Gasteiger partial charge >= 0.3 is 5.97 Å². The molecule has 0 aliphatic carbocycles. The lowest BCUT2D eigenvalue weighted by atomic mass is 10.2. The second-order valence-corrected chi connectivity index (χ2v) is 4.71. The molecule has 2 rings (SSSR count). The van der Waals surface area contributed by atoms with Crippen molar-refractivity contribution in [1.82, 2.24) is 0 Å². The van der Waals surface area contributed by atoms with Crippen LogP contribution in [0.1, 0.15) is 15.9 Å². The van der Waals surface area contributed by atoms with E-state index in [4.69, 9.17) is 22.1 Å². The van der Waals surface area contributed by atoms with Crippen LogP contribution in [0.15, 0.2) is 36.4 Å². The van der Waals surface area contributed by atoms with Crippen LogP contribution < -0.4 is 10.5 Å². The van der Waals surface area contributed by atoms with Gasteiger partial charge < -0.3 is 15.2 Å². The molecule has 6 heteroatoms. The Labute approximate surface area is 126 Å². The van der Waals surface area contributed by atoms with Crippen LogP contribution in [0.4, 0.5) is 10.1 Å². The summed E-state index contributed by atoms with van der Waals surface area (Å²) in [6.07, 6.45) is 0. The van der Waals surface area contributed by atoms with Gasteiger partial charge in [0.25, 0.3) is 0 Å². The number of ether oxygens (including phenoxy) is 2. The second kappa shape index (κ2) is 6.45. The van der Waals surface area contributed by atoms with Crippen molar-refractivity contribution in [3.63, 3.8) is 0 Å². The highest BCUT2D eigenvalue weighted by Crippen LogP contribution is 2.25. The molecule has 21 heavy (non-hydrogen) atoms. The minimum Gasteiger partial charge on any atom is -0.487 e. The molecule has 0 atom stereocenters. The molecular weight excluding hydrogens is 297 g/mol. The monoisotopic (exact) mass is 309 g/mol. The smallest absolute Gasteiger partial charge is 0.337 e. The number of esters is 1. The lowest BCUT2D eigenvalue weighted by molar-refractivity contribution is 0.0600. The van der Waals surface area contributed by atoms with Gasteiger partial charge in [-0.25, -0.2) is 9.18 Å². The van der Waals surface area contributed by atoms with Crippen molar-refractivity contribution in [1.29, 1.82) is 0 Å². The second-order valence-electron chi connectivity index (χ2n) is 4.27. The van der Waals surface area contributed by atoms with Crippen molar-refractivity contribution in [3.05, 3.63) is 58.4 Å². The fourth-order valence-corrected chi connectivity index (χ4v) is 1.86. The molecule has 0 radical (unpaired) electrons. The molecule has 4 nitrogen and oxygen atoms in total. The minimum absolute atomic E-state index is 0.0299. The summed E-state index contributed by atoms with van der Waals surface area (Å²) in [5.41, 5.74) is 6.75. The van der Waals surface area contributed by atoms with Crippen LogP contribution in [0.3, 0.4) is 0 Å². The third-order valence-corrected chi connectivity index (χ3v) is 3.07. The summed E-state index contributed by atoms with van der Waals surface area (Å²) in [5.74, 6) is -0.685. The number of benzene rings is 2. The van der Waals surface area contributed by atoms with Crippen LogP contribution in [0, 0.1) is 5.82 Å². The molecule has 2 aromatic carbocycles. The summed E-state index contributed by atoms with van der Waals surface area (Å²) in [4.78, 5) is 11.4. The first-order valence-corrected chi connectivity index (χ1v) is 6.43. The van der Waals surface area contributed by atoms with Crippen LogP contribution in [0.5, 0.6) is 5.75 Å². The van der Waals surface area contributed by atoms with Crippen LogP contribution in [-0.4, -0.2) is 13.1 Å². The highest BCUT2D eigenvalue weighted by Gasteiger charge is 2.10. The fourth-order valence-electron chi connectivity index (χ4n) is 1.70. The van der Waals surface area contributed by atoms with E-state index in [0.717, 1.165) is 0 Å². The van der Waals surface area contributed by atoms with Crippen LogP contribution in [0.2, 0.25) is 5.02 Å². The van der Waals surface area contributed by atoms with Crippen molar-refractivity contribution in [2.24, 2.45) is 0 Å². The number of carbonyl (C=O) groups excluding carboxylic acids is 1. The quantitative estimate of drug-likeness (QED) is 0.694. The molecule has 0 saturated carbocycles. The van der Waals surface area contributed by atoms with E-state index in [1.807, 2.05) is 0 Å². The summed E-state index contributed by atoms with van der Waals surface area (Å²) in [7, 11) is 1.28. The molecule has 0 unspecified atom stereocenters. The number of nitrogen functional groups attached to an aromatic ring is 1. The number of halogens is 2. The van der Waals surface area contributed by atoms with Gasteiger partial charge in [-0.05, 0) is 30.3 Å². The molecule has 0 aromatic heterocycles. The zero-order chi connectivity index (χ0) is 15.4. The first-order chi connectivity index (χ1) is 10.0. The van der Waals surface area contributed by atoms with Crippen molar-refractivity contribution >= 4 is 23.3 Å². The Morgan fingerprint density at radius 3 is 2.71 bits per heavy atom. The van der Waals surface area contributed by atoms with E-state index in [-0.39, 0.29) is 12.4 Å². The summed E-state index contributed by atoms with van der Waals surface area (Å²) >= 11 is 5.68. The SMILES string of the molecule is COC(=O)c1ccc(N)c(OCc2ccc(Cl)cc2F)c1. The maximum atomic E-state index is 13.6. The molecule has 0 aliphatic rings. The Morgan fingerprint density at radius 2 is 2.05 bits per heavy atom. The van der Waals surface area contributed by atoms with E-state index in [2.05, 4.69) is 4.74 Å². The summed E-state index contributed by atoms with van der Waals surface area (Å²) < 4.78 is 23.7. The Balaban J connectivity index is 2.17. The molecule has 110 valence electrons. The molecule has 0 spiro atoms. The normalized spacial score (nSPS) is 10.2. The third kappa shape index (κ3) is 3.64. The number of methoxy groups -OCH3 is 1. The van der Waals surface area contributed by atoms with Crippen molar-refractivity contribution in [2.45, 2.75) is 6.61 Å². The van der Waals surface area contributed by atoms with E-state index < -0.39 is 11.8 Å². The number of hydrogen-bond donors (Lipinski definition) is 1. The molecule has 0 saturated heterocycles. The zero-order valence-corrected chi connectivity index (χ0v) is 12.0. The maximum absolute atomic E-state index is 13.6. The maximum Gasteiger partial charge on any atom is 0.337 e. The highest BCUT2D eigenvalue weighted by molar-refractivity contribution is 6.30. The Morgan fingerprint density at radius 1 is 1.29 bits per heavy atom. The van der Waals surface area contributed by atoms with E-state index in [1.165, 1.54) is 37.4 Å². The molecular formula is C15H13ClFNO3.